The molecule has 1 N–H and O–H groups in total. The van der Waals surface area contributed by atoms with E-state index in [1.807, 2.05) is 44.2 Å². The molecule has 7 saturated carbocycles. The number of hydrogen-bond donors (Lipinski definition) is 1. The van der Waals surface area contributed by atoms with Gasteiger partial charge in [0.15, 0.2) is 40.5 Å². The molecule has 21 rings (SSSR count). The third-order valence-electron chi connectivity index (χ3n) is 28.2. The zero-order valence-corrected chi connectivity index (χ0v) is 86.1. The number of hydrogen-bond acceptors (Lipinski definition) is 22. The number of halogens is 6. The Balaban J connectivity index is 0.000000130. The fourth-order valence-corrected chi connectivity index (χ4v) is 21.2. The van der Waals surface area contributed by atoms with Crippen molar-refractivity contribution in [2.75, 3.05) is 0 Å². The van der Waals surface area contributed by atoms with Crippen molar-refractivity contribution in [1.82, 2.24) is 66.9 Å². The second kappa shape index (κ2) is 44.8. The van der Waals surface area contributed by atoms with Crippen molar-refractivity contribution in [2.45, 2.75) is 239 Å². The van der Waals surface area contributed by atoms with E-state index < -0.39 is 65.4 Å². The highest BCUT2D eigenvalue weighted by Crippen LogP contribution is 2.39. The Hall–Kier alpha value is -15.3. The van der Waals surface area contributed by atoms with Gasteiger partial charge in [-0.1, -0.05) is 151 Å². The predicted molar refractivity (Wildman–Crippen MR) is 568 cm³/mol. The first-order chi connectivity index (χ1) is 70.7. The van der Waals surface area contributed by atoms with E-state index in [0.29, 0.717) is 168 Å². The fraction of sp³-hybridized carbons (Fsp3) is 0.325. The molecule has 14 aromatic rings. The number of para-hydroxylation sites is 7. The number of phenolic OH excluding ortho intramolecular Hbond substituents is 1. The first kappa shape index (κ1) is 108. The molecule has 0 radical (unpaired) electrons. The highest BCUT2D eigenvalue weighted by molar-refractivity contribution is 9.10. The third kappa shape index (κ3) is 22.6. The zero-order chi connectivity index (χ0) is 108. The summed E-state index contributed by atoms with van der Waals surface area (Å²) in [5.41, 5.74) is 8.04. The van der Waals surface area contributed by atoms with Crippen molar-refractivity contribution >= 4 is 144 Å². The summed E-state index contributed by atoms with van der Waals surface area (Å²) in [6.45, 7) is 40.8. The van der Waals surface area contributed by atoms with Gasteiger partial charge >= 0.3 is 6.18 Å². The van der Waals surface area contributed by atoms with Gasteiger partial charge in [-0.25, -0.2) is 39.3 Å². The van der Waals surface area contributed by atoms with Gasteiger partial charge in [-0.2, -0.15) is 13.2 Å². The van der Waals surface area contributed by atoms with E-state index in [1.165, 1.54) is 72.5 Å². The van der Waals surface area contributed by atoms with E-state index in [1.54, 1.807) is 98.4 Å². The van der Waals surface area contributed by atoms with Crippen molar-refractivity contribution in [1.29, 1.82) is 0 Å². The van der Waals surface area contributed by atoms with Crippen LogP contribution in [0.1, 0.15) is 229 Å². The van der Waals surface area contributed by atoms with Crippen LogP contribution in [0, 0.1) is 61.2 Å². The molecule has 149 heavy (non-hydrogen) atoms. The molecule has 0 spiro atoms. The molecular weight excluding hydrogens is 2000 g/mol. The molecule has 0 saturated heterocycles. The average molecular weight is 2110 g/mol. The largest absolute Gasteiger partial charge is 0.506 e. The van der Waals surface area contributed by atoms with Gasteiger partial charge in [0, 0.05) is 49.4 Å². The average Bonchev–Trinajstić information content (AvgIpc) is 0.769. The number of aromatic hydroxyl groups is 1. The SMILES string of the molecule is C=C1CCC(n2c(C)nc3c(Br)cccc3c2=O)C(=O)C1.C=C1CCC(n2c(C)nc3c(C(F)(F)F)cccc3c2=O)C(=O)C1.C=C1CCC(n2c(C)nc3c(C)cccc3c2=O)C(=O)C1.C=C1CCC(n2c(C)nc3c(Cl)cccc3c2=O)C(=O)C1.C=C1CCC(n2c(C)nc3c(F)cccc3c2=O)C(=O)C1.C=C1CCC(n2c(C)nc3c(O)cccc3c2=O)C(=O)C1.C=C1CCC(n2cnc3c(C)cccc3c2=O)C(=O)C1. The Morgan fingerprint density at radius 1 is 0.309 bits per heavy atom. The number of alkyl halides is 3. The molecule has 0 bridgehead atoms. The van der Waals surface area contributed by atoms with Crippen LogP contribution in [-0.4, -0.2) is 112 Å². The lowest BCUT2D eigenvalue weighted by Crippen LogP contribution is -2.34. The lowest BCUT2D eigenvalue weighted by atomic mass is 9.90. The molecule has 7 unspecified atom stereocenters. The van der Waals surface area contributed by atoms with E-state index in [2.05, 4.69) is 96.9 Å². The van der Waals surface area contributed by atoms with Crippen LogP contribution in [0.15, 0.2) is 257 Å². The summed E-state index contributed by atoms with van der Waals surface area (Å²) in [6.07, 6.45) is 8.29. The molecule has 7 aliphatic rings. The molecule has 7 fully saturated rings. The summed E-state index contributed by atoms with van der Waals surface area (Å²) in [5.74, 6) is 2.06. The van der Waals surface area contributed by atoms with Crippen LogP contribution in [0.3, 0.4) is 0 Å². The van der Waals surface area contributed by atoms with Crippen LogP contribution in [0.2, 0.25) is 5.02 Å². The lowest BCUT2D eigenvalue weighted by molar-refractivity contribution is -0.136. The number of fused-ring (bicyclic) bond motifs is 7. The van der Waals surface area contributed by atoms with E-state index in [-0.39, 0.29) is 126 Å². The van der Waals surface area contributed by atoms with Crippen LogP contribution >= 0.6 is 27.5 Å². The predicted octanol–water partition coefficient (Wildman–Crippen LogP) is 20.5. The number of Topliss-reactive ketones (excluding diaryl/α,β-unsaturated/α-hetero) is 7. The first-order valence-electron chi connectivity index (χ1n) is 48.8. The van der Waals surface area contributed by atoms with Crippen molar-refractivity contribution in [3.05, 3.63) is 358 Å². The minimum Gasteiger partial charge on any atom is -0.506 e. The minimum atomic E-state index is -4.60. The molecule has 7 aromatic heterocycles. The number of ketones is 7. The van der Waals surface area contributed by atoms with Crippen LogP contribution < -0.4 is 38.9 Å². The summed E-state index contributed by atoms with van der Waals surface area (Å²) in [7, 11) is 0. The topological polar surface area (TPSA) is 384 Å². The number of aryl methyl sites for hydroxylation is 8. The number of rotatable bonds is 7. The minimum absolute atomic E-state index is 0.00208. The Bertz CT molecular complexity index is 7750. The maximum Gasteiger partial charge on any atom is 0.418 e. The van der Waals surface area contributed by atoms with Gasteiger partial charge in [-0.05, 0) is 245 Å². The Morgan fingerprint density at radius 3 is 0.926 bits per heavy atom. The Kier molecular flexibility index (Phi) is 32.4. The van der Waals surface area contributed by atoms with Gasteiger partial charge in [-0.15, -0.1) is 0 Å². The van der Waals surface area contributed by atoms with Crippen LogP contribution in [-0.2, 0) is 39.7 Å². The standard InChI is InChI=1S/C17H15F3N2O2.C17H18N2O2.C16H15BrN2O2.C16H15ClN2O2.C16H15FN2O2.C16H16N2O3.C16H16N2O2/c1-9-6-7-13(14(23)8-9)22-10(2)21-15-11(16(22)24)4-3-5-12(15)17(18,19)20;1-10-7-8-14(15(20)9-10)19-12(3)18-16-11(2)5-4-6-13(16)17(19)21;3*1-9-6-7-13(14(20)8-9)19-10(2)18-15-11(16(19)21)4-3-5-12(15)17;1-9-6-7-12(14(20)8-9)18-10(2)17-15-11(16(18)21)4-3-5-13(15)19;1-10-6-7-13(14(19)8-10)18-9-17-15-11(2)4-3-5-12(15)16(18)20/h3-5,13H,1,6-8H2,2H3;4-6,14H,1,7-9H2,2-3H3;3*3-5,13H,1,6-8H2,2H3;3-5,12,19H,1,6-8H2,2H3;3-5,9,13H,1,6-8H2,2H3. The molecule has 768 valence electrons. The summed E-state index contributed by atoms with van der Waals surface area (Å²) in [5, 5.41) is 12.8. The fourth-order valence-electron chi connectivity index (χ4n) is 20.6. The molecule has 7 aliphatic carbocycles. The number of allylic oxidation sites excluding steroid dienone is 7. The Labute approximate surface area is 864 Å². The summed E-state index contributed by atoms with van der Waals surface area (Å²) in [4.78, 5) is 205. The number of benzene rings is 7. The number of carbonyl (C=O) groups excluding carboxylic acids is 7. The van der Waals surface area contributed by atoms with Crippen molar-refractivity contribution < 1.29 is 56.2 Å². The van der Waals surface area contributed by atoms with Crippen LogP contribution in [0.5, 0.6) is 5.75 Å². The van der Waals surface area contributed by atoms with Gasteiger partial charge < -0.3 is 5.11 Å². The van der Waals surface area contributed by atoms with Crippen molar-refractivity contribution in [3.63, 3.8) is 0 Å². The molecule has 7 aromatic carbocycles. The first-order valence-corrected chi connectivity index (χ1v) is 50.0. The number of carbonyl (C=O) groups is 7. The second-order valence-electron chi connectivity index (χ2n) is 38.8. The van der Waals surface area contributed by atoms with E-state index in [4.69, 9.17) is 11.6 Å². The van der Waals surface area contributed by atoms with Gasteiger partial charge in [0.05, 0.1) is 124 Å². The van der Waals surface area contributed by atoms with Gasteiger partial charge in [0.2, 0.25) is 0 Å². The highest BCUT2D eigenvalue weighted by Gasteiger charge is 2.39. The highest BCUT2D eigenvalue weighted by atomic mass is 79.9. The third-order valence-corrected chi connectivity index (χ3v) is 29.1. The molecule has 0 amide bonds. The van der Waals surface area contributed by atoms with Crippen molar-refractivity contribution in [2.24, 2.45) is 0 Å². The summed E-state index contributed by atoms with van der Waals surface area (Å²) >= 11 is 9.51. The smallest absolute Gasteiger partial charge is 0.418 e. The molecule has 7 atom stereocenters. The number of phenols is 1. The maximum absolute atomic E-state index is 13.8. The number of nitrogens with zero attached hydrogens (tertiary/aromatic N) is 14. The van der Waals surface area contributed by atoms with Crippen LogP contribution in [0.25, 0.3) is 76.3 Å². The summed E-state index contributed by atoms with van der Waals surface area (Å²) < 4.78 is 64.1. The molecular formula is C114H110BrClF4N14O15. The monoisotopic (exact) mass is 2100 g/mol. The Morgan fingerprint density at radius 2 is 0.564 bits per heavy atom. The zero-order valence-electron chi connectivity index (χ0n) is 83.7. The summed E-state index contributed by atoms with van der Waals surface area (Å²) in [6, 6.07) is 30.6. The lowest BCUT2D eigenvalue weighted by Gasteiger charge is -2.26. The molecule has 0 aliphatic heterocycles. The van der Waals surface area contributed by atoms with Gasteiger partial charge in [-0.3, -0.25) is 99.1 Å². The van der Waals surface area contributed by atoms with E-state index in [0.717, 1.165) is 98.3 Å². The maximum atomic E-state index is 13.8. The number of aromatic nitrogens is 14. The molecule has 35 heteroatoms. The quantitative estimate of drug-likeness (QED) is 0.114. The van der Waals surface area contributed by atoms with E-state index in [9.17, 15) is 89.8 Å². The van der Waals surface area contributed by atoms with Gasteiger partial charge in [0.1, 0.15) is 57.5 Å². The van der Waals surface area contributed by atoms with Gasteiger partial charge in [0.25, 0.3) is 38.9 Å². The molecule has 7 heterocycles. The van der Waals surface area contributed by atoms with Crippen molar-refractivity contribution in [3.8, 4) is 5.75 Å². The normalized spacial score (nSPS) is 19.2. The van der Waals surface area contributed by atoms with Crippen LogP contribution in [0.4, 0.5) is 17.6 Å². The van der Waals surface area contributed by atoms with E-state index >= 15 is 0 Å². The second-order valence-corrected chi connectivity index (χ2v) is 40.1. The molecule has 29 nitrogen and oxygen atoms in total.